The van der Waals surface area contributed by atoms with Crippen molar-refractivity contribution in [2.24, 2.45) is 17.8 Å². The van der Waals surface area contributed by atoms with E-state index >= 15 is 0 Å². The second-order valence-electron chi connectivity index (χ2n) is 13.4. The first kappa shape index (κ1) is 31.1. The summed E-state index contributed by atoms with van der Waals surface area (Å²) in [6, 6.07) is 11.7. The van der Waals surface area contributed by atoms with Gasteiger partial charge in [0.15, 0.2) is 0 Å². The minimum Gasteiger partial charge on any atom is -0.490 e. The summed E-state index contributed by atoms with van der Waals surface area (Å²) < 4.78 is 23.1. The molecule has 2 aliphatic heterocycles. The second-order valence-corrected chi connectivity index (χ2v) is 16.2. The smallest absolute Gasteiger partial charge is 0.262 e. The number of halogens is 1. The average molecular weight is 635 g/mol. The third-order valence-electron chi connectivity index (χ3n) is 10.6. The molecule has 1 unspecified atom stereocenters. The Balaban J connectivity index is 1.46. The number of benzene rings is 2. The summed E-state index contributed by atoms with van der Waals surface area (Å²) in [5, 5.41) is 12.3. The number of hydrogen-bond donors (Lipinski definition) is 2. The molecule has 44 heavy (non-hydrogen) atoms. The molecule has 1 fully saturated rings. The first-order chi connectivity index (χ1) is 20.9. The Morgan fingerprint density at radius 2 is 2.02 bits per heavy atom. The highest BCUT2D eigenvalue weighted by molar-refractivity contribution is 7.99. The molecule has 1 saturated carbocycles. The van der Waals surface area contributed by atoms with E-state index in [2.05, 4.69) is 39.5 Å². The van der Waals surface area contributed by atoms with Crippen LogP contribution < -0.4 is 14.4 Å². The number of hydrogen-bond acceptors (Lipinski definition) is 5. The number of aryl methyl sites for hydroxylation is 1. The van der Waals surface area contributed by atoms with Crippen LogP contribution in [0.3, 0.4) is 0 Å². The lowest BCUT2D eigenvalue weighted by Crippen LogP contribution is -2.52. The number of nitrogens with one attached hydrogen (secondary N) is 1. The fraction of sp³-hybridized carbons (Fsp3) is 0.500. The molecular weight excluding hydrogens is 592 g/mol. The van der Waals surface area contributed by atoms with E-state index < -0.39 is 21.2 Å². The molecular formula is C36H43ClN2O4S. The highest BCUT2D eigenvalue weighted by atomic mass is 35.5. The first-order valence-corrected chi connectivity index (χ1v) is 17.9. The number of anilines is 1. The van der Waals surface area contributed by atoms with Crippen molar-refractivity contribution in [3.63, 3.8) is 0 Å². The van der Waals surface area contributed by atoms with Crippen LogP contribution in [-0.4, -0.2) is 51.6 Å². The minimum atomic E-state index is -2.96. The van der Waals surface area contributed by atoms with E-state index in [1.807, 2.05) is 44.2 Å². The van der Waals surface area contributed by atoms with Gasteiger partial charge in [-0.1, -0.05) is 36.6 Å². The zero-order chi connectivity index (χ0) is 31.3. The van der Waals surface area contributed by atoms with Crippen LogP contribution >= 0.6 is 11.6 Å². The molecule has 1 spiro atoms. The SMILES string of the molecule is C=S1(=O)NC(=O)c2ccc3c(c2)N(C[C@@H]2CC[C@H]2[C@@](O)(C#CC)/C=C/C[C@H](C)[C@H]1C)C[C@@]1(CCCc2cc(Cl)ccc21)CO3. The van der Waals surface area contributed by atoms with Crippen LogP contribution in [0.5, 0.6) is 5.75 Å². The molecule has 4 aliphatic rings. The Morgan fingerprint density at radius 1 is 1.20 bits per heavy atom. The highest BCUT2D eigenvalue weighted by Crippen LogP contribution is 2.48. The van der Waals surface area contributed by atoms with E-state index in [9.17, 15) is 14.1 Å². The lowest BCUT2D eigenvalue weighted by Gasteiger charge is -2.47. The van der Waals surface area contributed by atoms with Gasteiger partial charge in [0.2, 0.25) is 0 Å². The summed E-state index contributed by atoms with van der Waals surface area (Å²) in [7, 11) is -2.96. The van der Waals surface area contributed by atoms with E-state index in [4.69, 9.17) is 16.3 Å². The Bertz CT molecular complexity index is 1660. The molecule has 0 aromatic heterocycles. The van der Waals surface area contributed by atoms with Crippen LogP contribution in [0.1, 0.15) is 74.4 Å². The van der Waals surface area contributed by atoms with E-state index in [1.54, 1.807) is 13.0 Å². The van der Waals surface area contributed by atoms with Gasteiger partial charge in [-0.3, -0.25) is 9.52 Å². The van der Waals surface area contributed by atoms with Gasteiger partial charge in [0.05, 0.1) is 22.0 Å². The molecule has 2 heterocycles. The summed E-state index contributed by atoms with van der Waals surface area (Å²) in [6.07, 6.45) is 9.24. The summed E-state index contributed by atoms with van der Waals surface area (Å²) in [5.74, 6) is 10.5. The Kier molecular flexibility index (Phi) is 8.32. The topological polar surface area (TPSA) is 78.9 Å². The molecule has 7 atom stereocenters. The second kappa shape index (κ2) is 11.8. The van der Waals surface area contributed by atoms with Gasteiger partial charge in [0, 0.05) is 40.3 Å². The van der Waals surface area contributed by atoms with Gasteiger partial charge in [0.25, 0.3) is 5.91 Å². The van der Waals surface area contributed by atoms with Gasteiger partial charge in [-0.15, -0.1) is 5.92 Å². The predicted octanol–water partition coefficient (Wildman–Crippen LogP) is 5.94. The standard InChI is InChI=1S/C36H43ClN2O4S/c1-5-16-36(41)18-6-8-24(2)25(3)44(4,42)38-34(40)27-11-15-33-32(20-27)39(21-28-10-13-31(28)36)22-35(23-43-33)17-7-9-26-19-29(37)12-14-30(26)35/h6,11-12,14-15,18-20,24-25,28,31,41H,4,7-10,13,17,21-23H2,1-3H3,(H,38,40,42)/b18-6+/t24-,25+,28-,31+,35-,36+,44?/m0/s1. The Morgan fingerprint density at radius 3 is 2.77 bits per heavy atom. The van der Waals surface area contributed by atoms with Crippen molar-refractivity contribution < 1.29 is 18.8 Å². The summed E-state index contributed by atoms with van der Waals surface area (Å²) in [5.41, 5.74) is 2.29. The van der Waals surface area contributed by atoms with Crippen LogP contribution in [0.15, 0.2) is 48.6 Å². The molecule has 234 valence electrons. The molecule has 0 radical (unpaired) electrons. The lowest BCUT2D eigenvalue weighted by molar-refractivity contribution is -0.00321. The zero-order valence-corrected chi connectivity index (χ0v) is 27.5. The predicted molar refractivity (Wildman–Crippen MR) is 180 cm³/mol. The number of nitrogens with zero attached hydrogens (tertiary/aromatic N) is 1. The maximum absolute atomic E-state index is 13.7. The monoisotopic (exact) mass is 634 g/mol. The number of allylic oxidation sites excluding steroid dienone is 1. The largest absolute Gasteiger partial charge is 0.490 e. The van der Waals surface area contributed by atoms with E-state index in [0.29, 0.717) is 31.7 Å². The van der Waals surface area contributed by atoms with Crippen LogP contribution in [-0.2, 0) is 21.5 Å². The van der Waals surface area contributed by atoms with Crippen molar-refractivity contribution in [2.75, 3.05) is 24.6 Å². The fourth-order valence-corrected chi connectivity index (χ4v) is 9.38. The van der Waals surface area contributed by atoms with Gasteiger partial charge < -0.3 is 14.7 Å². The Labute approximate surface area is 267 Å². The lowest BCUT2D eigenvalue weighted by atomic mass is 9.64. The van der Waals surface area contributed by atoms with Crippen molar-refractivity contribution in [2.45, 2.75) is 75.6 Å². The van der Waals surface area contributed by atoms with Crippen LogP contribution in [0, 0.1) is 29.6 Å². The summed E-state index contributed by atoms with van der Waals surface area (Å²) in [4.78, 5) is 15.9. The summed E-state index contributed by atoms with van der Waals surface area (Å²) >= 11 is 6.42. The molecule has 2 bridgehead atoms. The first-order valence-electron chi connectivity index (χ1n) is 15.8. The van der Waals surface area contributed by atoms with Gasteiger partial charge in [0.1, 0.15) is 11.4 Å². The molecule has 6 rings (SSSR count). The van der Waals surface area contributed by atoms with Crippen LogP contribution in [0.2, 0.25) is 5.02 Å². The van der Waals surface area contributed by atoms with Crippen molar-refractivity contribution in [1.29, 1.82) is 0 Å². The van der Waals surface area contributed by atoms with Gasteiger partial charge in [-0.05, 0) is 118 Å². The van der Waals surface area contributed by atoms with Gasteiger partial charge >= 0.3 is 0 Å². The average Bonchev–Trinajstić information content (AvgIpc) is 3.11. The van der Waals surface area contributed by atoms with Crippen molar-refractivity contribution in [1.82, 2.24) is 4.72 Å². The molecule has 6 nitrogen and oxygen atoms in total. The molecule has 2 aromatic carbocycles. The number of ether oxygens (including phenoxy) is 1. The molecule has 1 amide bonds. The number of fused-ring (bicyclic) bond motifs is 4. The fourth-order valence-electron chi connectivity index (χ4n) is 7.70. The van der Waals surface area contributed by atoms with Crippen molar-refractivity contribution in [3.8, 4) is 17.6 Å². The van der Waals surface area contributed by atoms with Crippen molar-refractivity contribution in [3.05, 3.63) is 70.3 Å². The van der Waals surface area contributed by atoms with E-state index in [0.717, 1.165) is 48.6 Å². The molecule has 2 aromatic rings. The number of carbonyl (C=O) groups is 1. The van der Waals surface area contributed by atoms with Crippen LogP contribution in [0.25, 0.3) is 0 Å². The van der Waals surface area contributed by atoms with Crippen LogP contribution in [0.4, 0.5) is 5.69 Å². The van der Waals surface area contributed by atoms with Gasteiger partial charge in [-0.2, -0.15) is 0 Å². The summed E-state index contributed by atoms with van der Waals surface area (Å²) in [6.45, 7) is 7.54. The number of amides is 1. The van der Waals surface area contributed by atoms with E-state index in [-0.39, 0.29) is 28.4 Å². The molecule has 0 saturated heterocycles. The maximum atomic E-state index is 13.7. The molecule has 2 N–H and O–H groups in total. The molecule has 8 heteroatoms. The third-order valence-corrected chi connectivity index (χ3v) is 13.0. The number of aliphatic hydroxyl groups is 1. The zero-order valence-electron chi connectivity index (χ0n) is 25.9. The quantitative estimate of drug-likeness (QED) is 0.213. The maximum Gasteiger partial charge on any atom is 0.262 e. The molecule has 2 aliphatic carbocycles. The number of rotatable bonds is 0. The third kappa shape index (κ3) is 5.66. The number of carbonyl (C=O) groups excluding carboxylic acids is 1. The minimum absolute atomic E-state index is 0.0311. The van der Waals surface area contributed by atoms with E-state index in [1.165, 1.54) is 11.1 Å². The van der Waals surface area contributed by atoms with Crippen molar-refractivity contribution >= 4 is 38.8 Å². The highest BCUT2D eigenvalue weighted by Gasteiger charge is 2.47. The Hall–Kier alpha value is -2.92. The normalized spacial score (nSPS) is 35.8. The van der Waals surface area contributed by atoms with Gasteiger partial charge in [-0.25, -0.2) is 4.21 Å².